The van der Waals surface area contributed by atoms with Crippen LogP contribution in [0.5, 0.6) is 5.75 Å². The van der Waals surface area contributed by atoms with E-state index in [0.29, 0.717) is 30.1 Å². The van der Waals surface area contributed by atoms with Crippen LogP contribution in [0, 0.1) is 0 Å². The number of allylic oxidation sites excluding steroid dienone is 3. The number of nitrogens with one attached hydrogen (secondary N) is 2. The van der Waals surface area contributed by atoms with Gasteiger partial charge in [0.15, 0.2) is 23.1 Å². The summed E-state index contributed by atoms with van der Waals surface area (Å²) < 4.78 is 20.0. The van der Waals surface area contributed by atoms with Crippen LogP contribution in [0.2, 0.25) is 0 Å². The van der Waals surface area contributed by atoms with E-state index in [4.69, 9.17) is 4.74 Å². The third-order valence-electron chi connectivity index (χ3n) is 5.90. The van der Waals surface area contributed by atoms with Crippen LogP contribution in [0.15, 0.2) is 66.7 Å². The molecule has 2 atom stereocenters. The van der Waals surface area contributed by atoms with Gasteiger partial charge in [-0.2, -0.15) is 0 Å². The van der Waals surface area contributed by atoms with Crippen molar-refractivity contribution < 1.29 is 18.7 Å². The summed E-state index contributed by atoms with van der Waals surface area (Å²) in [5.41, 5.74) is 5.67. The molecule has 184 valence electrons. The molecule has 1 saturated carbocycles. The number of halogens is 1. The van der Waals surface area contributed by atoms with Crippen LogP contribution in [0.3, 0.4) is 0 Å². The number of fused-ring (bicyclic) bond motifs is 1. The molecule has 3 heterocycles. The summed E-state index contributed by atoms with van der Waals surface area (Å²) in [5.74, 6) is 2.53. The van der Waals surface area contributed by atoms with Crippen molar-refractivity contribution in [2.75, 3.05) is 24.5 Å². The highest BCUT2D eigenvalue weighted by Gasteiger charge is 2.39. The van der Waals surface area contributed by atoms with Crippen molar-refractivity contribution in [1.29, 1.82) is 0 Å². The highest BCUT2D eigenvalue weighted by molar-refractivity contribution is 5.94. The van der Waals surface area contributed by atoms with Crippen LogP contribution in [0.4, 0.5) is 15.9 Å². The predicted molar refractivity (Wildman–Crippen MR) is 132 cm³/mol. The molecule has 0 saturated heterocycles. The van der Waals surface area contributed by atoms with Gasteiger partial charge in [-0.25, -0.2) is 18.7 Å². The minimum absolute atomic E-state index is 0.173. The van der Waals surface area contributed by atoms with Gasteiger partial charge in [0.2, 0.25) is 0 Å². The Labute approximate surface area is 206 Å². The average Bonchev–Trinajstić information content (AvgIpc) is 3.41. The molecule has 0 bridgehead atoms. The van der Waals surface area contributed by atoms with Gasteiger partial charge in [0.05, 0.1) is 25.0 Å². The number of carbonyl (C=O) groups excluding carboxylic acids is 2. The molecule has 1 aliphatic heterocycles. The van der Waals surface area contributed by atoms with Gasteiger partial charge < -0.3 is 15.0 Å². The lowest BCUT2D eigenvalue weighted by atomic mass is 10.2. The number of ether oxygens (including phenoxy) is 1. The van der Waals surface area contributed by atoms with E-state index in [0.717, 1.165) is 11.3 Å². The zero-order valence-electron chi connectivity index (χ0n) is 19.7. The number of imidazole rings is 1. The third kappa shape index (κ3) is 4.64. The topological polar surface area (TPSA) is 104 Å². The Morgan fingerprint density at radius 1 is 1.31 bits per heavy atom. The first-order valence-corrected chi connectivity index (χ1v) is 11.3. The first-order valence-electron chi connectivity index (χ1n) is 11.3. The molecule has 1 aromatic carbocycles. The van der Waals surface area contributed by atoms with Gasteiger partial charge in [-0.15, -0.1) is 5.10 Å². The Morgan fingerprint density at radius 2 is 2.08 bits per heavy atom. The number of benzene rings is 1. The largest absolute Gasteiger partial charge is 0.497 e. The average molecular weight is 490 g/mol. The zero-order chi connectivity index (χ0) is 25.2. The molecule has 0 spiro atoms. The van der Waals surface area contributed by atoms with E-state index in [1.165, 1.54) is 15.7 Å². The number of hydrogen-bond acceptors (Lipinski definition) is 8. The van der Waals surface area contributed by atoms with Crippen LogP contribution in [-0.2, 0) is 11.3 Å². The Bertz CT molecular complexity index is 1410. The van der Waals surface area contributed by atoms with Crippen molar-refractivity contribution >= 4 is 29.0 Å². The number of anilines is 2. The number of hydrogen-bond donors (Lipinski definition) is 2. The quantitative estimate of drug-likeness (QED) is 0.466. The molecule has 2 aromatic heterocycles. The lowest BCUT2D eigenvalue weighted by molar-refractivity contribution is 0.0940. The molecule has 2 N–H and O–H groups in total. The van der Waals surface area contributed by atoms with Crippen LogP contribution in [0.1, 0.15) is 22.5 Å². The molecule has 3 aromatic rings. The first kappa shape index (κ1) is 23.1. The fraction of sp³-hybridized carbons (Fsp3) is 0.240. The monoisotopic (exact) mass is 489 g/mol. The Kier molecular flexibility index (Phi) is 6.14. The summed E-state index contributed by atoms with van der Waals surface area (Å²) in [6.45, 7) is 0.537. The molecular weight excluding hydrogens is 465 g/mol. The van der Waals surface area contributed by atoms with Crippen molar-refractivity contribution in [2.45, 2.75) is 25.2 Å². The molecule has 1 aliphatic carbocycles. The molecule has 0 unspecified atom stereocenters. The van der Waals surface area contributed by atoms with Gasteiger partial charge in [-0.05, 0) is 29.8 Å². The Morgan fingerprint density at radius 3 is 2.78 bits per heavy atom. The fourth-order valence-corrected chi connectivity index (χ4v) is 3.84. The van der Waals surface area contributed by atoms with Crippen LogP contribution in [0.25, 0.3) is 5.65 Å². The maximum atomic E-state index is 13.4. The second-order valence-corrected chi connectivity index (χ2v) is 8.50. The van der Waals surface area contributed by atoms with Gasteiger partial charge >= 0.3 is 0 Å². The molecule has 11 heteroatoms. The minimum Gasteiger partial charge on any atom is -0.497 e. The SMILES string of the molecule is COc1ccc(CN(C)c2cc(NN3C=CC=CC3=C=O)nn3c(C(=O)N[C@@H]4C[C@@H]4F)cnc23)cc1. The van der Waals surface area contributed by atoms with Crippen LogP contribution < -0.4 is 20.4 Å². The molecule has 10 nitrogen and oxygen atoms in total. The maximum absolute atomic E-state index is 13.4. The van der Waals surface area contributed by atoms with E-state index >= 15 is 0 Å². The van der Waals surface area contributed by atoms with Gasteiger partial charge in [-0.1, -0.05) is 18.2 Å². The van der Waals surface area contributed by atoms with E-state index in [9.17, 15) is 14.0 Å². The first-order chi connectivity index (χ1) is 17.5. The number of nitrogens with zero attached hydrogens (tertiary/aromatic N) is 5. The molecule has 5 rings (SSSR count). The third-order valence-corrected chi connectivity index (χ3v) is 5.90. The molecule has 1 amide bonds. The molecule has 36 heavy (non-hydrogen) atoms. The summed E-state index contributed by atoms with van der Waals surface area (Å²) >= 11 is 0. The van der Waals surface area contributed by atoms with Crippen molar-refractivity contribution in [3.63, 3.8) is 0 Å². The number of carbonyl (C=O) groups is 1. The molecule has 0 radical (unpaired) electrons. The Hall–Kier alpha value is -4.63. The fourth-order valence-electron chi connectivity index (χ4n) is 3.84. The van der Waals surface area contributed by atoms with Crippen molar-refractivity contribution in [2.24, 2.45) is 0 Å². The lowest BCUT2D eigenvalue weighted by Gasteiger charge is -2.24. The predicted octanol–water partition coefficient (Wildman–Crippen LogP) is 2.64. The van der Waals surface area contributed by atoms with Crippen molar-refractivity contribution in [3.05, 3.63) is 77.9 Å². The minimum atomic E-state index is -1.03. The van der Waals surface area contributed by atoms with Gasteiger partial charge in [-0.3, -0.25) is 15.2 Å². The van der Waals surface area contributed by atoms with Crippen molar-refractivity contribution in [1.82, 2.24) is 24.9 Å². The normalized spacial score (nSPS) is 18.2. The lowest BCUT2D eigenvalue weighted by Crippen LogP contribution is -2.29. The molecular formula is C25H24FN7O3. The Balaban J connectivity index is 1.51. The van der Waals surface area contributed by atoms with Gasteiger partial charge in [0.25, 0.3) is 5.91 Å². The molecule has 1 fully saturated rings. The van der Waals surface area contributed by atoms with E-state index in [1.54, 1.807) is 37.6 Å². The summed E-state index contributed by atoms with van der Waals surface area (Å²) in [6, 6.07) is 8.98. The number of hydrazine groups is 1. The van der Waals surface area contributed by atoms with E-state index in [2.05, 4.69) is 20.8 Å². The van der Waals surface area contributed by atoms with E-state index in [1.807, 2.05) is 42.2 Å². The van der Waals surface area contributed by atoms with Crippen LogP contribution in [-0.4, -0.2) is 57.8 Å². The molecule has 2 aliphatic rings. The summed E-state index contributed by atoms with van der Waals surface area (Å²) in [7, 11) is 3.51. The van der Waals surface area contributed by atoms with Crippen molar-refractivity contribution in [3.8, 4) is 5.75 Å². The summed E-state index contributed by atoms with van der Waals surface area (Å²) in [4.78, 5) is 30.6. The number of amides is 1. The second kappa shape index (κ2) is 9.55. The van der Waals surface area contributed by atoms with E-state index < -0.39 is 18.1 Å². The summed E-state index contributed by atoms with van der Waals surface area (Å²) in [5, 5.41) is 8.68. The zero-order valence-corrected chi connectivity index (χ0v) is 19.7. The van der Waals surface area contributed by atoms with Gasteiger partial charge in [0, 0.05) is 32.3 Å². The number of aromatic nitrogens is 3. The number of alkyl halides is 1. The highest BCUT2D eigenvalue weighted by Crippen LogP contribution is 2.28. The summed E-state index contributed by atoms with van der Waals surface area (Å²) in [6.07, 6.45) is 7.42. The number of rotatable bonds is 8. The highest BCUT2D eigenvalue weighted by atomic mass is 19.1. The second-order valence-electron chi connectivity index (χ2n) is 8.50. The standard InChI is InChI=1S/C25H24FN7O3/c1-31(14-16-6-8-18(36-2)9-7-16)21-12-23(29-32-10-4-3-5-17(32)15-34)30-33-22(13-27-24(21)33)25(35)28-20-11-19(20)26/h3-10,12-13,19-20H,11,14H2,1-2H3,(H,28,35)(H,29,30)/t19-,20+/m0/s1. The van der Waals surface area contributed by atoms with Gasteiger partial charge in [0.1, 0.15) is 17.6 Å². The van der Waals surface area contributed by atoms with Crippen LogP contribution >= 0.6 is 0 Å². The number of methoxy groups -OCH3 is 1. The van der Waals surface area contributed by atoms with E-state index in [-0.39, 0.29) is 11.4 Å². The maximum Gasteiger partial charge on any atom is 0.271 e. The smallest absolute Gasteiger partial charge is 0.271 e.